The van der Waals surface area contributed by atoms with Gasteiger partial charge in [0.2, 0.25) is 0 Å². The number of methoxy groups -OCH3 is 2. The molecule has 0 saturated heterocycles. The number of halogens is 5. The van der Waals surface area contributed by atoms with Crippen molar-refractivity contribution >= 4 is 46.2 Å². The van der Waals surface area contributed by atoms with Gasteiger partial charge in [-0.2, -0.15) is 0 Å². The Morgan fingerprint density at radius 3 is 1.44 bits per heavy atom. The first kappa shape index (κ1) is 56.4. The molecular weight excluding hydrogens is 883 g/mol. The van der Waals surface area contributed by atoms with Crippen LogP contribution in [-0.2, 0) is 40.1 Å². The predicted octanol–water partition coefficient (Wildman–Crippen LogP) is 13.5. The summed E-state index contributed by atoms with van der Waals surface area (Å²) >= 11 is 16.9. The first-order chi connectivity index (χ1) is 29.4. The molecule has 0 aliphatic rings. The van der Waals surface area contributed by atoms with Gasteiger partial charge >= 0.3 is 11.4 Å². The minimum absolute atomic E-state index is 0. The Morgan fingerprint density at radius 2 is 1.09 bits per heavy atom. The SMILES string of the molecule is C.C.C.CCOC(=O)CCc1ccc(Cc2ccc(OC)c(-c3cccc(Cl)c3)c2F)cn1.CCOC(=O)Cl.COc1ccc(Cc2ccc(CN)nc2)c(F)c1-c1cccc(Cl)c1. The second-order valence-electron chi connectivity index (χ2n) is 13.1. The number of esters is 1. The van der Waals surface area contributed by atoms with Crippen LogP contribution in [0.15, 0.2) is 109 Å². The Kier molecular flexibility index (Phi) is 25.5. The number of nitrogens with two attached hydrogens (primary N) is 1. The topological polar surface area (TPSA) is 123 Å². The predicted molar refractivity (Wildman–Crippen MR) is 257 cm³/mol. The first-order valence-electron chi connectivity index (χ1n) is 19.2. The quantitative estimate of drug-likeness (QED) is 0.0840. The van der Waals surface area contributed by atoms with Crippen LogP contribution >= 0.6 is 34.8 Å². The molecule has 0 saturated carbocycles. The van der Waals surface area contributed by atoms with Crippen LogP contribution in [0.2, 0.25) is 10.0 Å². The molecule has 0 aliphatic heterocycles. The number of aryl methyl sites for hydroxylation is 1. The zero-order valence-electron chi connectivity index (χ0n) is 34.2. The zero-order chi connectivity index (χ0) is 44.3. The van der Waals surface area contributed by atoms with Crippen LogP contribution in [0.3, 0.4) is 0 Å². The molecule has 9 nitrogen and oxygen atoms in total. The number of hydrogen-bond donors (Lipinski definition) is 1. The molecule has 344 valence electrons. The molecule has 64 heavy (non-hydrogen) atoms. The van der Waals surface area contributed by atoms with Gasteiger partial charge in [-0.25, -0.2) is 13.6 Å². The smallest absolute Gasteiger partial charge is 0.403 e. The van der Waals surface area contributed by atoms with E-state index in [-0.39, 0.29) is 46.3 Å². The molecule has 4 aromatic carbocycles. The van der Waals surface area contributed by atoms with Gasteiger partial charge in [0.05, 0.1) is 50.7 Å². The maximum atomic E-state index is 15.4. The molecule has 0 fully saturated rings. The van der Waals surface area contributed by atoms with E-state index in [1.807, 2.05) is 30.3 Å². The van der Waals surface area contributed by atoms with Crippen LogP contribution < -0.4 is 15.2 Å². The van der Waals surface area contributed by atoms with E-state index in [2.05, 4.69) is 14.7 Å². The fourth-order valence-electron chi connectivity index (χ4n) is 6.05. The first-order valence-corrected chi connectivity index (χ1v) is 20.3. The van der Waals surface area contributed by atoms with Crippen molar-refractivity contribution in [2.75, 3.05) is 27.4 Å². The minimum atomic E-state index is -0.738. The van der Waals surface area contributed by atoms with E-state index in [4.69, 9.17) is 54.7 Å². The van der Waals surface area contributed by atoms with Crippen molar-refractivity contribution in [2.45, 2.75) is 68.4 Å². The van der Waals surface area contributed by atoms with Gasteiger partial charge in [0.25, 0.3) is 0 Å². The number of aromatic nitrogens is 2. The van der Waals surface area contributed by atoms with Gasteiger partial charge in [-0.15, -0.1) is 0 Å². The lowest BCUT2D eigenvalue weighted by Gasteiger charge is -2.14. The third-order valence-electron chi connectivity index (χ3n) is 8.95. The van der Waals surface area contributed by atoms with Crippen molar-refractivity contribution in [3.8, 4) is 33.8 Å². The average molecular weight is 941 g/mol. The molecular formula is C50H58Cl3F2N3O6. The van der Waals surface area contributed by atoms with E-state index < -0.39 is 5.43 Å². The molecule has 2 heterocycles. The molecule has 0 spiro atoms. The maximum absolute atomic E-state index is 15.4. The van der Waals surface area contributed by atoms with Crippen molar-refractivity contribution in [2.24, 2.45) is 5.73 Å². The molecule has 0 bridgehead atoms. The van der Waals surface area contributed by atoms with Crippen molar-refractivity contribution in [3.05, 3.63) is 165 Å². The summed E-state index contributed by atoms with van der Waals surface area (Å²) in [5.41, 5.74) is 11.4. The van der Waals surface area contributed by atoms with Crippen molar-refractivity contribution in [3.63, 3.8) is 0 Å². The van der Waals surface area contributed by atoms with Crippen LogP contribution in [0, 0.1) is 11.6 Å². The van der Waals surface area contributed by atoms with Crippen LogP contribution in [-0.4, -0.2) is 48.8 Å². The summed E-state index contributed by atoms with van der Waals surface area (Å²) in [5, 5.41) is 1.08. The lowest BCUT2D eigenvalue weighted by atomic mass is 9.97. The molecule has 0 unspecified atom stereocenters. The number of carbonyl (C=O) groups excluding carboxylic acids is 2. The van der Waals surface area contributed by atoms with Crippen molar-refractivity contribution in [1.29, 1.82) is 0 Å². The van der Waals surface area contributed by atoms with Gasteiger partial charge in [0, 0.05) is 65.5 Å². The largest absolute Gasteiger partial charge is 0.496 e. The maximum Gasteiger partial charge on any atom is 0.403 e. The van der Waals surface area contributed by atoms with Crippen LogP contribution in [0.5, 0.6) is 11.5 Å². The molecule has 6 aromatic rings. The molecule has 0 amide bonds. The van der Waals surface area contributed by atoms with Crippen LogP contribution in [0.25, 0.3) is 22.3 Å². The Morgan fingerprint density at radius 1 is 0.641 bits per heavy atom. The lowest BCUT2D eigenvalue weighted by Crippen LogP contribution is -2.06. The summed E-state index contributed by atoms with van der Waals surface area (Å²) in [6.45, 7) is 4.58. The second-order valence-corrected chi connectivity index (χ2v) is 14.3. The summed E-state index contributed by atoms with van der Waals surface area (Å²) in [5.74, 6) is 0.0239. The van der Waals surface area contributed by atoms with Gasteiger partial charge in [-0.1, -0.05) is 94.0 Å². The Bertz CT molecular complexity index is 2370. The van der Waals surface area contributed by atoms with Crippen molar-refractivity contribution in [1.82, 2.24) is 9.97 Å². The number of nitrogens with zero attached hydrogens (tertiary/aromatic N) is 2. The standard InChI is InChI=1S/C24H23ClFNO3.C20H18ClFN2O.C3H5ClO2.3CH4/c1-3-30-22(28)12-10-20-9-7-16(15-27-20)13-18-8-11-21(29-2)23(24(18)26)17-5-4-6-19(25)14-17;1-25-18-8-6-15(9-13-5-7-17(11-23)24-12-13)20(22)19(18)14-3-2-4-16(21)10-14;1-2-6-3(4)5;;;/h4-9,11,14-15H,3,10,12-13H2,1-2H3;2-8,10,12H,9,11,23H2,1H3;2H2,1H3;3*1H4. The van der Waals surface area contributed by atoms with E-state index in [1.54, 1.807) is 93.0 Å². The fraction of sp³-hybridized carbons (Fsp3) is 0.280. The highest BCUT2D eigenvalue weighted by Crippen LogP contribution is 2.37. The van der Waals surface area contributed by atoms with Gasteiger partial charge in [-0.05, 0) is 95.8 Å². The number of hydrogen-bond acceptors (Lipinski definition) is 9. The third kappa shape index (κ3) is 16.8. The molecule has 0 aliphatic carbocycles. The second kappa shape index (κ2) is 29.0. The Hall–Kier alpha value is -5.59. The van der Waals surface area contributed by atoms with Gasteiger partial charge < -0.3 is 24.7 Å². The molecule has 14 heteroatoms. The molecule has 6 rings (SSSR count). The number of pyridine rings is 2. The summed E-state index contributed by atoms with van der Waals surface area (Å²) < 4.78 is 50.4. The minimum Gasteiger partial charge on any atom is -0.496 e. The number of ether oxygens (including phenoxy) is 4. The van der Waals surface area contributed by atoms with E-state index in [9.17, 15) is 9.59 Å². The summed E-state index contributed by atoms with van der Waals surface area (Å²) in [7, 11) is 3.04. The highest BCUT2D eigenvalue weighted by molar-refractivity contribution is 6.61. The average Bonchev–Trinajstić information content (AvgIpc) is 3.25. The lowest BCUT2D eigenvalue weighted by molar-refractivity contribution is -0.143. The zero-order valence-corrected chi connectivity index (χ0v) is 36.4. The van der Waals surface area contributed by atoms with E-state index >= 15 is 8.78 Å². The van der Waals surface area contributed by atoms with E-state index in [1.165, 1.54) is 14.2 Å². The molecule has 2 aromatic heterocycles. The van der Waals surface area contributed by atoms with E-state index in [0.717, 1.165) is 22.5 Å². The van der Waals surface area contributed by atoms with Gasteiger partial charge in [-0.3, -0.25) is 14.8 Å². The third-order valence-corrected chi connectivity index (χ3v) is 9.53. The molecule has 0 radical (unpaired) electrons. The molecule has 0 atom stereocenters. The van der Waals surface area contributed by atoms with Crippen molar-refractivity contribution < 1.29 is 37.3 Å². The normalized spacial score (nSPS) is 9.91. The highest BCUT2D eigenvalue weighted by atomic mass is 35.5. The van der Waals surface area contributed by atoms with Gasteiger partial charge in [0.1, 0.15) is 23.1 Å². The monoisotopic (exact) mass is 939 g/mol. The van der Waals surface area contributed by atoms with Gasteiger partial charge in [0.15, 0.2) is 0 Å². The number of rotatable bonds is 14. The van der Waals surface area contributed by atoms with Crippen LogP contribution in [0.1, 0.15) is 76.2 Å². The fourth-order valence-corrected chi connectivity index (χ4v) is 6.54. The Balaban J connectivity index is 0.000000550. The van der Waals surface area contributed by atoms with E-state index in [0.29, 0.717) is 93.9 Å². The Labute approximate surface area is 391 Å². The highest BCUT2D eigenvalue weighted by Gasteiger charge is 2.18. The number of benzene rings is 4. The summed E-state index contributed by atoms with van der Waals surface area (Å²) in [4.78, 5) is 29.7. The molecule has 2 N–H and O–H groups in total. The number of carbonyl (C=O) groups is 2. The summed E-state index contributed by atoms with van der Waals surface area (Å²) in [6, 6.07) is 28.6. The van der Waals surface area contributed by atoms with Crippen LogP contribution in [0.4, 0.5) is 13.6 Å². The summed E-state index contributed by atoms with van der Waals surface area (Å²) in [6.07, 6.45) is 5.05.